The van der Waals surface area contributed by atoms with E-state index < -0.39 is 5.92 Å². The van der Waals surface area contributed by atoms with Crippen molar-refractivity contribution in [2.24, 2.45) is 5.92 Å². The highest BCUT2D eigenvalue weighted by Gasteiger charge is 2.35. The zero-order valence-electron chi connectivity index (χ0n) is 15.1. The van der Waals surface area contributed by atoms with E-state index in [2.05, 4.69) is 21.2 Å². The molecule has 1 unspecified atom stereocenters. The van der Waals surface area contributed by atoms with Crippen LogP contribution >= 0.6 is 15.9 Å². The summed E-state index contributed by atoms with van der Waals surface area (Å²) in [6, 6.07) is 14.2. The first kappa shape index (κ1) is 19.1. The van der Waals surface area contributed by atoms with Crippen LogP contribution in [0.3, 0.4) is 0 Å². The van der Waals surface area contributed by atoms with Crippen LogP contribution in [-0.2, 0) is 9.59 Å². The molecule has 0 aliphatic carbocycles. The predicted octanol–water partition coefficient (Wildman–Crippen LogP) is 3.14. The highest BCUT2D eigenvalue weighted by Crippen LogP contribution is 2.31. The average Bonchev–Trinajstić information content (AvgIpc) is 3.03. The van der Waals surface area contributed by atoms with Crippen LogP contribution < -0.4 is 10.2 Å². The molecule has 1 aliphatic heterocycles. The van der Waals surface area contributed by atoms with Gasteiger partial charge in [-0.05, 0) is 46.3 Å². The van der Waals surface area contributed by atoms with Crippen LogP contribution in [0, 0.1) is 5.92 Å². The number of anilines is 2. The van der Waals surface area contributed by atoms with E-state index in [9.17, 15) is 14.4 Å². The lowest BCUT2D eigenvalue weighted by Crippen LogP contribution is -2.28. The molecule has 1 aliphatic rings. The summed E-state index contributed by atoms with van der Waals surface area (Å²) in [5.41, 5.74) is 1.80. The third-order valence-corrected chi connectivity index (χ3v) is 5.09. The van der Waals surface area contributed by atoms with Crippen LogP contribution in [0.5, 0.6) is 0 Å². The van der Waals surface area contributed by atoms with Gasteiger partial charge in [-0.15, -0.1) is 0 Å². The number of nitrogens with one attached hydrogen (secondary N) is 1. The van der Waals surface area contributed by atoms with Gasteiger partial charge in [-0.3, -0.25) is 14.4 Å². The van der Waals surface area contributed by atoms with Crippen molar-refractivity contribution in [2.75, 3.05) is 30.9 Å². The summed E-state index contributed by atoms with van der Waals surface area (Å²) >= 11 is 3.45. The van der Waals surface area contributed by atoms with Gasteiger partial charge in [0.2, 0.25) is 11.8 Å². The summed E-state index contributed by atoms with van der Waals surface area (Å²) in [6.45, 7) is 0.323. The molecule has 0 saturated carbocycles. The average molecular weight is 430 g/mol. The van der Waals surface area contributed by atoms with Gasteiger partial charge in [0.1, 0.15) is 0 Å². The van der Waals surface area contributed by atoms with E-state index in [0.717, 1.165) is 10.2 Å². The largest absolute Gasteiger partial charge is 0.345 e. The predicted molar refractivity (Wildman–Crippen MR) is 108 cm³/mol. The summed E-state index contributed by atoms with van der Waals surface area (Å²) < 4.78 is 0.814. The molecule has 3 rings (SSSR count). The summed E-state index contributed by atoms with van der Waals surface area (Å²) in [5, 5.41) is 2.82. The Hall–Kier alpha value is -2.67. The molecule has 1 fully saturated rings. The molecule has 0 spiro atoms. The zero-order chi connectivity index (χ0) is 19.6. The lowest BCUT2D eigenvalue weighted by atomic mass is 10.1. The first-order chi connectivity index (χ1) is 12.9. The van der Waals surface area contributed by atoms with E-state index in [-0.39, 0.29) is 24.1 Å². The summed E-state index contributed by atoms with van der Waals surface area (Å²) in [7, 11) is 3.35. The van der Waals surface area contributed by atoms with Crippen molar-refractivity contribution in [3.63, 3.8) is 0 Å². The maximum Gasteiger partial charge on any atom is 0.253 e. The molecular weight excluding hydrogens is 410 g/mol. The summed E-state index contributed by atoms with van der Waals surface area (Å²) in [4.78, 5) is 40.2. The van der Waals surface area contributed by atoms with Gasteiger partial charge in [-0.2, -0.15) is 0 Å². The minimum Gasteiger partial charge on any atom is -0.345 e. The Balaban J connectivity index is 1.71. The number of rotatable bonds is 4. The lowest BCUT2D eigenvalue weighted by Gasteiger charge is -2.18. The molecule has 1 N–H and O–H groups in total. The fourth-order valence-corrected chi connectivity index (χ4v) is 3.52. The van der Waals surface area contributed by atoms with Gasteiger partial charge in [-0.25, -0.2) is 0 Å². The van der Waals surface area contributed by atoms with Crippen LogP contribution in [-0.4, -0.2) is 43.3 Å². The van der Waals surface area contributed by atoms with E-state index in [1.54, 1.807) is 43.3 Å². The van der Waals surface area contributed by atoms with Gasteiger partial charge in [0.25, 0.3) is 5.91 Å². The van der Waals surface area contributed by atoms with Gasteiger partial charge in [0.05, 0.1) is 11.6 Å². The second-order valence-electron chi connectivity index (χ2n) is 6.63. The van der Waals surface area contributed by atoms with Crippen LogP contribution in [0.4, 0.5) is 11.4 Å². The van der Waals surface area contributed by atoms with Crippen molar-refractivity contribution in [3.05, 3.63) is 58.6 Å². The third-order valence-electron chi connectivity index (χ3n) is 4.42. The van der Waals surface area contributed by atoms with Gasteiger partial charge in [0.15, 0.2) is 0 Å². The number of nitrogens with zero attached hydrogens (tertiary/aromatic N) is 2. The Kier molecular flexibility index (Phi) is 5.60. The number of hydrogen-bond acceptors (Lipinski definition) is 3. The van der Waals surface area contributed by atoms with Gasteiger partial charge in [0, 0.05) is 42.8 Å². The number of hydrogen-bond donors (Lipinski definition) is 1. The number of carbonyl (C=O) groups is 3. The minimum atomic E-state index is -0.446. The van der Waals surface area contributed by atoms with E-state index in [1.165, 1.54) is 4.90 Å². The fourth-order valence-electron chi connectivity index (χ4n) is 3.02. The Morgan fingerprint density at radius 2 is 1.89 bits per heavy atom. The molecule has 140 valence electrons. The van der Waals surface area contributed by atoms with Crippen molar-refractivity contribution < 1.29 is 14.4 Å². The number of carbonyl (C=O) groups excluding carboxylic acids is 3. The molecule has 0 radical (unpaired) electrons. The smallest absolute Gasteiger partial charge is 0.253 e. The maximum atomic E-state index is 12.6. The SMILES string of the molecule is CN(C)C(=O)c1cccc(NC(=O)C2CC(=O)N(c3ccccc3Br)C2)c1. The highest BCUT2D eigenvalue weighted by molar-refractivity contribution is 9.10. The zero-order valence-corrected chi connectivity index (χ0v) is 16.7. The number of halogens is 1. The standard InChI is InChI=1S/C20H20BrN3O3/c1-23(2)20(27)13-6-5-7-15(10-13)22-19(26)14-11-18(25)24(12-14)17-9-4-3-8-16(17)21/h3-10,14H,11-12H2,1-2H3,(H,22,26). The first-order valence-corrected chi connectivity index (χ1v) is 9.33. The van der Waals surface area contributed by atoms with Crippen molar-refractivity contribution in [2.45, 2.75) is 6.42 Å². The molecular formula is C20H20BrN3O3. The first-order valence-electron chi connectivity index (χ1n) is 8.54. The van der Waals surface area contributed by atoms with Gasteiger partial charge >= 0.3 is 0 Å². The molecule has 6 nitrogen and oxygen atoms in total. The number of para-hydroxylation sites is 1. The van der Waals surface area contributed by atoms with Crippen LogP contribution in [0.15, 0.2) is 53.0 Å². The highest BCUT2D eigenvalue weighted by atomic mass is 79.9. The van der Waals surface area contributed by atoms with Crippen molar-refractivity contribution >= 4 is 45.0 Å². The molecule has 2 aromatic rings. The molecule has 0 aromatic heterocycles. The Morgan fingerprint density at radius 1 is 1.15 bits per heavy atom. The quantitative estimate of drug-likeness (QED) is 0.811. The van der Waals surface area contributed by atoms with E-state index in [0.29, 0.717) is 17.8 Å². The van der Waals surface area contributed by atoms with E-state index in [4.69, 9.17) is 0 Å². The van der Waals surface area contributed by atoms with Crippen LogP contribution in [0.1, 0.15) is 16.8 Å². The second-order valence-corrected chi connectivity index (χ2v) is 7.48. The molecule has 7 heteroatoms. The Labute approximate surface area is 166 Å². The third kappa shape index (κ3) is 4.19. The molecule has 1 saturated heterocycles. The van der Waals surface area contributed by atoms with Crippen molar-refractivity contribution in [1.29, 1.82) is 0 Å². The van der Waals surface area contributed by atoms with Gasteiger partial charge < -0.3 is 15.1 Å². The van der Waals surface area contributed by atoms with Crippen molar-refractivity contribution in [3.8, 4) is 0 Å². The number of amides is 3. The van der Waals surface area contributed by atoms with E-state index in [1.807, 2.05) is 24.3 Å². The fraction of sp³-hybridized carbons (Fsp3) is 0.250. The molecule has 0 bridgehead atoms. The Morgan fingerprint density at radius 3 is 2.59 bits per heavy atom. The molecule has 3 amide bonds. The minimum absolute atomic E-state index is 0.0846. The lowest BCUT2D eigenvalue weighted by molar-refractivity contribution is -0.122. The maximum absolute atomic E-state index is 12.6. The monoisotopic (exact) mass is 429 g/mol. The Bertz CT molecular complexity index is 898. The van der Waals surface area contributed by atoms with Crippen molar-refractivity contribution in [1.82, 2.24) is 4.90 Å². The molecule has 27 heavy (non-hydrogen) atoms. The van der Waals surface area contributed by atoms with Crippen LogP contribution in [0.25, 0.3) is 0 Å². The summed E-state index contributed by atoms with van der Waals surface area (Å²) in [6.07, 6.45) is 0.156. The normalized spacial score (nSPS) is 16.3. The molecule has 2 aromatic carbocycles. The topological polar surface area (TPSA) is 69.7 Å². The molecule has 1 atom stereocenters. The van der Waals surface area contributed by atoms with Gasteiger partial charge in [-0.1, -0.05) is 18.2 Å². The van der Waals surface area contributed by atoms with Crippen LogP contribution in [0.2, 0.25) is 0 Å². The second kappa shape index (κ2) is 7.92. The van der Waals surface area contributed by atoms with E-state index >= 15 is 0 Å². The molecule has 1 heterocycles. The summed E-state index contributed by atoms with van der Waals surface area (Å²) in [5.74, 6) is -0.897. The number of benzene rings is 2.